The number of hydrogen-bond donors (Lipinski definition) is 0. The number of ketones is 1. The van der Waals surface area contributed by atoms with Crippen LogP contribution in [0.3, 0.4) is 0 Å². The highest BCUT2D eigenvalue weighted by Crippen LogP contribution is 2.25. The normalized spacial score (nSPS) is 17.5. The van der Waals surface area contributed by atoms with Gasteiger partial charge in [-0.3, -0.25) is 19.0 Å². The van der Waals surface area contributed by atoms with Crippen LogP contribution < -0.4 is 0 Å². The molecule has 0 spiro atoms. The first-order chi connectivity index (χ1) is 11.9. The van der Waals surface area contributed by atoms with Crippen LogP contribution in [0.2, 0.25) is 0 Å². The SMILES string of the molecule is CC(C)c1cc(C(=O)N2CCCC2CC(=O)c2cnn(C)c2)nn1C. The molecule has 3 heterocycles. The number of likely N-dealkylation sites (tertiary alicyclic amines) is 1. The molecule has 1 fully saturated rings. The predicted octanol–water partition coefficient (Wildman–Crippen LogP) is 2.15. The van der Waals surface area contributed by atoms with E-state index in [9.17, 15) is 9.59 Å². The molecule has 1 atom stereocenters. The molecule has 1 aliphatic heterocycles. The van der Waals surface area contributed by atoms with Crippen molar-refractivity contribution in [1.29, 1.82) is 0 Å². The van der Waals surface area contributed by atoms with Crippen LogP contribution in [-0.2, 0) is 14.1 Å². The van der Waals surface area contributed by atoms with Crippen molar-refractivity contribution in [2.75, 3.05) is 6.54 Å². The van der Waals surface area contributed by atoms with Gasteiger partial charge in [-0.05, 0) is 24.8 Å². The molecule has 0 aromatic carbocycles. The zero-order valence-electron chi connectivity index (χ0n) is 15.3. The van der Waals surface area contributed by atoms with E-state index in [1.54, 1.807) is 33.7 Å². The smallest absolute Gasteiger partial charge is 0.274 e. The second-order valence-corrected chi connectivity index (χ2v) is 7.06. The van der Waals surface area contributed by atoms with Crippen molar-refractivity contribution in [2.45, 2.75) is 45.1 Å². The van der Waals surface area contributed by atoms with Crippen molar-refractivity contribution in [3.63, 3.8) is 0 Å². The average Bonchev–Trinajstić information content (AvgIpc) is 3.26. The maximum Gasteiger partial charge on any atom is 0.274 e. The van der Waals surface area contributed by atoms with Crippen LogP contribution in [0.15, 0.2) is 18.5 Å². The first-order valence-corrected chi connectivity index (χ1v) is 8.73. The predicted molar refractivity (Wildman–Crippen MR) is 93.5 cm³/mol. The Morgan fingerprint density at radius 2 is 2.08 bits per heavy atom. The Balaban J connectivity index is 1.73. The summed E-state index contributed by atoms with van der Waals surface area (Å²) < 4.78 is 3.38. The first kappa shape index (κ1) is 17.4. The van der Waals surface area contributed by atoms with E-state index in [0.29, 0.717) is 30.1 Å². The molecule has 0 aliphatic carbocycles. The van der Waals surface area contributed by atoms with E-state index >= 15 is 0 Å². The largest absolute Gasteiger partial charge is 0.334 e. The molecule has 1 saturated heterocycles. The third kappa shape index (κ3) is 3.50. The fourth-order valence-electron chi connectivity index (χ4n) is 3.49. The summed E-state index contributed by atoms with van der Waals surface area (Å²) in [7, 11) is 3.65. The molecule has 2 aromatic rings. The van der Waals surface area contributed by atoms with Gasteiger partial charge in [0.15, 0.2) is 11.5 Å². The molecule has 1 amide bonds. The molecule has 0 N–H and O–H groups in total. The maximum absolute atomic E-state index is 12.9. The summed E-state index contributed by atoms with van der Waals surface area (Å²) in [5.41, 5.74) is 2.10. The monoisotopic (exact) mass is 343 g/mol. The highest BCUT2D eigenvalue weighted by Gasteiger charge is 2.32. The van der Waals surface area contributed by atoms with E-state index in [-0.39, 0.29) is 17.7 Å². The highest BCUT2D eigenvalue weighted by molar-refractivity contribution is 5.97. The Labute approximate surface area is 147 Å². The van der Waals surface area contributed by atoms with E-state index in [1.807, 2.05) is 13.1 Å². The fraction of sp³-hybridized carbons (Fsp3) is 0.556. The number of hydrogen-bond acceptors (Lipinski definition) is 4. The fourth-order valence-corrected chi connectivity index (χ4v) is 3.49. The maximum atomic E-state index is 12.9. The Morgan fingerprint density at radius 1 is 1.32 bits per heavy atom. The molecule has 2 aromatic heterocycles. The second kappa shape index (κ2) is 6.82. The van der Waals surface area contributed by atoms with Crippen LogP contribution in [0.5, 0.6) is 0 Å². The highest BCUT2D eigenvalue weighted by atomic mass is 16.2. The van der Waals surface area contributed by atoms with Gasteiger partial charge in [0.2, 0.25) is 0 Å². The lowest BCUT2D eigenvalue weighted by atomic mass is 10.0. The van der Waals surface area contributed by atoms with Gasteiger partial charge in [0, 0.05) is 45.0 Å². The van der Waals surface area contributed by atoms with Crippen molar-refractivity contribution in [2.24, 2.45) is 14.1 Å². The molecule has 0 radical (unpaired) electrons. The Morgan fingerprint density at radius 3 is 2.68 bits per heavy atom. The van der Waals surface area contributed by atoms with Crippen molar-refractivity contribution in [3.05, 3.63) is 35.4 Å². The minimum absolute atomic E-state index is 0.0293. The number of nitrogens with zero attached hydrogens (tertiary/aromatic N) is 5. The Kier molecular flexibility index (Phi) is 4.74. The zero-order chi connectivity index (χ0) is 18.1. The number of aromatic nitrogens is 4. The minimum Gasteiger partial charge on any atom is -0.334 e. The quantitative estimate of drug-likeness (QED) is 0.780. The van der Waals surface area contributed by atoms with Crippen LogP contribution in [0.25, 0.3) is 0 Å². The van der Waals surface area contributed by atoms with Crippen molar-refractivity contribution in [3.8, 4) is 0 Å². The van der Waals surface area contributed by atoms with Gasteiger partial charge in [-0.15, -0.1) is 0 Å². The lowest BCUT2D eigenvalue weighted by Gasteiger charge is -2.23. The molecule has 7 heteroatoms. The van der Waals surface area contributed by atoms with Gasteiger partial charge in [0.25, 0.3) is 5.91 Å². The first-order valence-electron chi connectivity index (χ1n) is 8.73. The van der Waals surface area contributed by atoms with Crippen LogP contribution in [0, 0.1) is 0 Å². The standard InChI is InChI=1S/C18H25N5O2/c1-12(2)16-9-15(20-22(16)4)18(25)23-7-5-6-14(23)8-17(24)13-10-19-21(3)11-13/h9-12,14H,5-8H2,1-4H3. The summed E-state index contributed by atoms with van der Waals surface area (Å²) in [6.07, 6.45) is 5.40. The molecule has 7 nitrogen and oxygen atoms in total. The Hall–Kier alpha value is -2.44. The molecule has 25 heavy (non-hydrogen) atoms. The van der Waals surface area contributed by atoms with Crippen molar-refractivity contribution in [1.82, 2.24) is 24.5 Å². The Bertz CT molecular complexity index is 789. The summed E-state index contributed by atoms with van der Waals surface area (Å²) in [6, 6.07) is 1.80. The number of rotatable bonds is 5. The van der Waals surface area contributed by atoms with Gasteiger partial charge < -0.3 is 4.90 Å². The van der Waals surface area contributed by atoms with E-state index in [4.69, 9.17) is 0 Å². The molecular weight excluding hydrogens is 318 g/mol. The van der Waals surface area contributed by atoms with Crippen molar-refractivity contribution >= 4 is 11.7 Å². The number of amides is 1. The molecule has 134 valence electrons. The minimum atomic E-state index is -0.0796. The second-order valence-electron chi connectivity index (χ2n) is 7.06. The van der Waals surface area contributed by atoms with Crippen LogP contribution >= 0.6 is 0 Å². The van der Waals surface area contributed by atoms with Gasteiger partial charge in [-0.2, -0.15) is 10.2 Å². The van der Waals surface area contributed by atoms with Gasteiger partial charge in [-0.1, -0.05) is 13.8 Å². The number of carbonyl (C=O) groups is 2. The topological polar surface area (TPSA) is 73.0 Å². The average molecular weight is 343 g/mol. The van der Waals surface area contributed by atoms with Crippen LogP contribution in [0.4, 0.5) is 0 Å². The molecule has 0 saturated carbocycles. The van der Waals surface area contributed by atoms with Crippen LogP contribution in [-0.4, -0.2) is 48.7 Å². The molecule has 1 unspecified atom stereocenters. The number of carbonyl (C=O) groups excluding carboxylic acids is 2. The number of Topliss-reactive ketones (excluding diaryl/α,β-unsaturated/α-hetero) is 1. The van der Waals surface area contributed by atoms with Crippen molar-refractivity contribution < 1.29 is 9.59 Å². The third-order valence-corrected chi connectivity index (χ3v) is 4.81. The molecule has 0 bridgehead atoms. The van der Waals surface area contributed by atoms with Gasteiger partial charge in [0.1, 0.15) is 0 Å². The zero-order valence-corrected chi connectivity index (χ0v) is 15.3. The summed E-state index contributed by atoms with van der Waals surface area (Å²) in [5, 5.41) is 8.42. The lowest BCUT2D eigenvalue weighted by Crippen LogP contribution is -2.37. The van der Waals surface area contributed by atoms with E-state index < -0.39 is 0 Å². The summed E-state index contributed by atoms with van der Waals surface area (Å²) in [4.78, 5) is 27.2. The van der Waals surface area contributed by atoms with Gasteiger partial charge in [0.05, 0.1) is 11.8 Å². The molecule has 1 aliphatic rings. The van der Waals surface area contributed by atoms with E-state index in [2.05, 4.69) is 24.0 Å². The summed E-state index contributed by atoms with van der Waals surface area (Å²) in [5.74, 6) is 0.256. The van der Waals surface area contributed by atoms with Gasteiger partial charge >= 0.3 is 0 Å². The van der Waals surface area contributed by atoms with Gasteiger partial charge in [-0.25, -0.2) is 0 Å². The lowest BCUT2D eigenvalue weighted by molar-refractivity contribution is 0.0711. The molecular formula is C18H25N5O2. The third-order valence-electron chi connectivity index (χ3n) is 4.81. The van der Waals surface area contributed by atoms with E-state index in [0.717, 1.165) is 18.5 Å². The molecule has 3 rings (SSSR count). The summed E-state index contributed by atoms with van der Waals surface area (Å²) in [6.45, 7) is 4.84. The van der Waals surface area contributed by atoms with Crippen LogP contribution in [0.1, 0.15) is 65.6 Å². The summed E-state index contributed by atoms with van der Waals surface area (Å²) >= 11 is 0. The number of aryl methyl sites for hydroxylation is 2. The van der Waals surface area contributed by atoms with E-state index in [1.165, 1.54) is 0 Å².